The van der Waals surface area contributed by atoms with Gasteiger partial charge in [-0.15, -0.1) is 11.3 Å². The first-order valence-corrected chi connectivity index (χ1v) is 12.5. The normalized spacial score (nSPS) is 15.4. The van der Waals surface area contributed by atoms with Crippen LogP contribution in [0.2, 0.25) is 0 Å². The molecule has 1 aliphatic carbocycles. The smallest absolute Gasteiger partial charge is 0.276 e. The van der Waals surface area contributed by atoms with Crippen LogP contribution >= 0.6 is 11.3 Å². The Kier molecular flexibility index (Phi) is 5.53. The highest BCUT2D eigenvalue weighted by Gasteiger charge is 2.28. The van der Waals surface area contributed by atoms with Crippen molar-refractivity contribution in [2.24, 2.45) is 13.0 Å². The summed E-state index contributed by atoms with van der Waals surface area (Å²) in [5, 5.41) is 9.03. The molecule has 1 aromatic carbocycles. The minimum absolute atomic E-state index is 0.216. The zero-order chi connectivity index (χ0) is 22.4. The molecule has 3 heterocycles. The fourth-order valence-electron chi connectivity index (χ4n) is 5.14. The van der Waals surface area contributed by atoms with Crippen LogP contribution in [0.25, 0.3) is 21.1 Å². The molecule has 4 aromatic rings. The quantitative estimate of drug-likeness (QED) is 0.436. The van der Waals surface area contributed by atoms with Crippen LogP contribution in [0.5, 0.6) is 0 Å². The lowest BCUT2D eigenvalue weighted by atomic mass is 9.86. The van der Waals surface area contributed by atoms with Crippen molar-refractivity contribution in [3.8, 4) is 0 Å². The molecule has 3 aromatic heterocycles. The lowest BCUT2D eigenvalue weighted by Crippen LogP contribution is -2.39. The first-order chi connectivity index (χ1) is 15.5. The maximum Gasteiger partial charge on any atom is 0.332 e. The van der Waals surface area contributed by atoms with Crippen LogP contribution in [-0.4, -0.2) is 18.9 Å². The number of thiophene rings is 1. The molecule has 0 saturated heterocycles. The number of aromatic nitrogens is 4. The Morgan fingerprint density at radius 1 is 1.12 bits per heavy atom. The lowest BCUT2D eigenvalue weighted by molar-refractivity contribution is 0.422. The van der Waals surface area contributed by atoms with E-state index in [1.807, 2.05) is 4.68 Å². The van der Waals surface area contributed by atoms with Gasteiger partial charge in [0.05, 0.1) is 12.2 Å². The summed E-state index contributed by atoms with van der Waals surface area (Å²) < 4.78 is 6.26. The molecule has 0 amide bonds. The number of hydrogen-bond acceptors (Lipinski definition) is 4. The lowest BCUT2D eigenvalue weighted by Gasteiger charge is -2.23. The monoisotopic (exact) mass is 450 g/mol. The largest absolute Gasteiger partial charge is 0.332 e. The van der Waals surface area contributed by atoms with E-state index in [2.05, 4.69) is 43.5 Å². The van der Waals surface area contributed by atoms with Gasteiger partial charge >= 0.3 is 5.69 Å². The summed E-state index contributed by atoms with van der Waals surface area (Å²) >= 11 is 1.74. The van der Waals surface area contributed by atoms with E-state index in [0.29, 0.717) is 30.0 Å². The predicted molar refractivity (Wildman–Crippen MR) is 131 cm³/mol. The van der Waals surface area contributed by atoms with Crippen LogP contribution in [0.1, 0.15) is 63.1 Å². The summed E-state index contributed by atoms with van der Waals surface area (Å²) in [5.41, 5.74) is 2.29. The van der Waals surface area contributed by atoms with Crippen molar-refractivity contribution in [2.45, 2.75) is 65.0 Å². The molecule has 7 heteroatoms. The van der Waals surface area contributed by atoms with Gasteiger partial charge in [0.15, 0.2) is 5.65 Å². The summed E-state index contributed by atoms with van der Waals surface area (Å²) in [7, 11) is 1.59. The third-order valence-corrected chi connectivity index (χ3v) is 7.70. The maximum absolute atomic E-state index is 13.4. The van der Waals surface area contributed by atoms with Gasteiger partial charge in [0.1, 0.15) is 5.39 Å². The second-order valence-corrected chi connectivity index (χ2v) is 10.4. The van der Waals surface area contributed by atoms with E-state index in [4.69, 9.17) is 5.10 Å². The van der Waals surface area contributed by atoms with Crippen LogP contribution in [0.15, 0.2) is 39.2 Å². The Bertz CT molecular complexity index is 1400. The number of hydrogen-bond donors (Lipinski definition) is 0. The molecule has 0 atom stereocenters. The maximum atomic E-state index is 13.4. The average molecular weight is 451 g/mol. The number of rotatable bonds is 5. The third-order valence-electron chi connectivity index (χ3n) is 6.69. The molecule has 0 unspecified atom stereocenters. The van der Waals surface area contributed by atoms with Crippen LogP contribution in [0.4, 0.5) is 0 Å². The molecule has 32 heavy (non-hydrogen) atoms. The summed E-state index contributed by atoms with van der Waals surface area (Å²) in [5.74, 6) is 0.578. The van der Waals surface area contributed by atoms with E-state index in [1.165, 1.54) is 39.5 Å². The highest BCUT2D eigenvalue weighted by atomic mass is 32.1. The second kappa shape index (κ2) is 8.35. The molecule has 0 N–H and O–H groups in total. The van der Waals surface area contributed by atoms with Gasteiger partial charge in [-0.2, -0.15) is 5.10 Å². The molecule has 0 bridgehead atoms. The fraction of sp³-hybridized carbons (Fsp3) is 0.480. The van der Waals surface area contributed by atoms with Crippen molar-refractivity contribution in [3.63, 3.8) is 0 Å². The van der Waals surface area contributed by atoms with Crippen LogP contribution in [0, 0.1) is 5.92 Å². The summed E-state index contributed by atoms with van der Waals surface area (Å²) in [4.78, 5) is 26.4. The molecule has 6 nitrogen and oxygen atoms in total. The van der Waals surface area contributed by atoms with Gasteiger partial charge in [0, 0.05) is 24.2 Å². The fourth-order valence-corrected chi connectivity index (χ4v) is 6.09. The van der Waals surface area contributed by atoms with Gasteiger partial charge in [-0.25, -0.2) is 4.79 Å². The zero-order valence-corrected chi connectivity index (χ0v) is 19.8. The molecule has 0 spiro atoms. The van der Waals surface area contributed by atoms with E-state index in [-0.39, 0.29) is 17.2 Å². The Morgan fingerprint density at radius 3 is 2.62 bits per heavy atom. The zero-order valence-electron chi connectivity index (χ0n) is 19.0. The Morgan fingerprint density at radius 2 is 1.88 bits per heavy atom. The first-order valence-electron chi connectivity index (χ1n) is 11.6. The predicted octanol–water partition coefficient (Wildman–Crippen LogP) is 4.86. The minimum atomic E-state index is -0.281. The van der Waals surface area contributed by atoms with Gasteiger partial charge in [0.2, 0.25) is 0 Å². The number of benzene rings is 1. The van der Waals surface area contributed by atoms with Crippen LogP contribution in [-0.2, 0) is 20.1 Å². The number of nitrogens with zero attached hydrogens (tertiary/aromatic N) is 4. The molecular weight excluding hydrogens is 420 g/mol. The van der Waals surface area contributed by atoms with E-state index in [1.54, 1.807) is 23.0 Å². The standard InChI is InChI=1S/C25H30N4O2S/c1-16(2)13-28-23-21(24(30)27(3)25(28)31)22(17-9-5-4-6-10-17)29(26-23)14-18-15-32-20-12-8-7-11-19(18)20/h7-8,11-12,15-17H,4-6,9-10,13-14H2,1-3H3. The highest BCUT2D eigenvalue weighted by Crippen LogP contribution is 2.36. The van der Waals surface area contributed by atoms with Crippen LogP contribution < -0.4 is 11.2 Å². The first kappa shape index (κ1) is 21.2. The molecule has 1 fully saturated rings. The van der Waals surface area contributed by atoms with Gasteiger partial charge in [-0.05, 0) is 41.2 Å². The van der Waals surface area contributed by atoms with Gasteiger partial charge in [-0.1, -0.05) is 51.3 Å². The van der Waals surface area contributed by atoms with Crippen molar-refractivity contribution in [1.82, 2.24) is 18.9 Å². The SMILES string of the molecule is CC(C)Cn1c(=O)n(C)c(=O)c2c(C3CCCCC3)n(Cc3csc4ccccc34)nc21. The summed E-state index contributed by atoms with van der Waals surface area (Å²) in [6.07, 6.45) is 5.72. The van der Waals surface area contributed by atoms with E-state index in [0.717, 1.165) is 18.5 Å². The van der Waals surface area contributed by atoms with Crippen LogP contribution in [0.3, 0.4) is 0 Å². The second-order valence-electron chi connectivity index (χ2n) is 9.48. The summed E-state index contributed by atoms with van der Waals surface area (Å²) in [6.45, 7) is 5.33. The Hall–Kier alpha value is -2.67. The van der Waals surface area contributed by atoms with Crippen molar-refractivity contribution < 1.29 is 0 Å². The number of fused-ring (bicyclic) bond motifs is 2. The molecule has 0 radical (unpaired) electrons. The van der Waals surface area contributed by atoms with Crippen molar-refractivity contribution in [2.75, 3.05) is 0 Å². The van der Waals surface area contributed by atoms with E-state index < -0.39 is 0 Å². The highest BCUT2D eigenvalue weighted by molar-refractivity contribution is 7.17. The Labute approximate surface area is 191 Å². The van der Waals surface area contributed by atoms with Gasteiger partial charge in [-0.3, -0.25) is 18.6 Å². The average Bonchev–Trinajstić information content (AvgIpc) is 3.38. The molecule has 168 valence electrons. The molecular formula is C25H30N4O2S. The summed E-state index contributed by atoms with van der Waals surface area (Å²) in [6, 6.07) is 8.42. The minimum Gasteiger partial charge on any atom is -0.276 e. The van der Waals surface area contributed by atoms with Gasteiger partial charge in [0.25, 0.3) is 5.56 Å². The topological polar surface area (TPSA) is 61.8 Å². The van der Waals surface area contributed by atoms with Crippen molar-refractivity contribution in [3.05, 3.63) is 61.7 Å². The van der Waals surface area contributed by atoms with Crippen molar-refractivity contribution >= 4 is 32.5 Å². The molecule has 5 rings (SSSR count). The van der Waals surface area contributed by atoms with E-state index >= 15 is 0 Å². The molecule has 0 aliphatic heterocycles. The third kappa shape index (κ3) is 3.52. The Balaban J connectivity index is 1.76. The molecule has 1 saturated carbocycles. The molecule has 1 aliphatic rings. The van der Waals surface area contributed by atoms with Crippen molar-refractivity contribution in [1.29, 1.82) is 0 Å². The van der Waals surface area contributed by atoms with Gasteiger partial charge < -0.3 is 0 Å². The van der Waals surface area contributed by atoms with E-state index in [9.17, 15) is 9.59 Å².